The highest BCUT2D eigenvalue weighted by molar-refractivity contribution is 9.10. The van der Waals surface area contributed by atoms with Crippen LogP contribution in [0.15, 0.2) is 10.7 Å². The van der Waals surface area contributed by atoms with Crippen molar-refractivity contribution in [3.63, 3.8) is 0 Å². The molecule has 1 rings (SSSR count). The molecule has 0 aliphatic carbocycles. The van der Waals surface area contributed by atoms with Crippen LogP contribution in [0.25, 0.3) is 0 Å². The van der Waals surface area contributed by atoms with Crippen LogP contribution in [-0.4, -0.2) is 29.0 Å². The molecular weight excluding hydrogens is 283 g/mol. The molecule has 1 amide bonds. The topological polar surface area (TPSA) is 72.1 Å². The average Bonchev–Trinajstić information content (AvgIpc) is 2.18. The molecule has 0 fully saturated rings. The van der Waals surface area contributed by atoms with Crippen LogP contribution in [0, 0.1) is 0 Å². The number of amides is 1. The first kappa shape index (κ1) is 12.2. The van der Waals surface area contributed by atoms with E-state index in [1.807, 2.05) is 6.92 Å². The lowest BCUT2D eigenvalue weighted by Gasteiger charge is -2.20. The van der Waals surface area contributed by atoms with Crippen molar-refractivity contribution < 1.29 is 4.79 Å². The number of carbonyl (C=O) groups excluding carboxylic acids is 1. The van der Waals surface area contributed by atoms with Crippen molar-refractivity contribution in [2.75, 3.05) is 18.0 Å². The molecule has 0 aliphatic rings. The Morgan fingerprint density at radius 2 is 2.40 bits per heavy atom. The lowest BCUT2D eigenvalue weighted by Crippen LogP contribution is -2.34. The van der Waals surface area contributed by atoms with Crippen LogP contribution >= 0.6 is 27.5 Å². The largest absolute Gasteiger partial charge is 0.368 e. The van der Waals surface area contributed by atoms with Crippen molar-refractivity contribution in [3.8, 4) is 0 Å². The van der Waals surface area contributed by atoms with Crippen LogP contribution in [0.5, 0.6) is 0 Å². The van der Waals surface area contributed by atoms with Crippen molar-refractivity contribution in [2.24, 2.45) is 5.73 Å². The van der Waals surface area contributed by atoms with Crippen LogP contribution in [0.3, 0.4) is 0 Å². The second kappa shape index (κ2) is 5.27. The second-order valence-corrected chi connectivity index (χ2v) is 3.98. The summed E-state index contributed by atoms with van der Waals surface area (Å²) in [5.41, 5.74) is 5.12. The number of nitrogens with zero attached hydrogens (tertiary/aromatic N) is 3. The summed E-state index contributed by atoms with van der Waals surface area (Å²) < 4.78 is 0.676. The highest BCUT2D eigenvalue weighted by Crippen LogP contribution is 2.23. The molecule has 0 radical (unpaired) electrons. The van der Waals surface area contributed by atoms with E-state index in [-0.39, 0.29) is 11.8 Å². The number of aromatic nitrogens is 2. The van der Waals surface area contributed by atoms with E-state index in [2.05, 4.69) is 25.9 Å². The number of rotatable bonds is 4. The van der Waals surface area contributed by atoms with E-state index in [4.69, 9.17) is 17.3 Å². The second-order valence-electron chi connectivity index (χ2n) is 2.79. The summed E-state index contributed by atoms with van der Waals surface area (Å²) in [6.45, 7) is 2.60. The van der Waals surface area contributed by atoms with E-state index in [0.29, 0.717) is 16.8 Å². The summed E-state index contributed by atoms with van der Waals surface area (Å²) in [7, 11) is 0. The molecule has 0 saturated heterocycles. The fraction of sp³-hybridized carbons (Fsp3) is 0.375. The van der Waals surface area contributed by atoms with Crippen molar-refractivity contribution in [1.29, 1.82) is 0 Å². The van der Waals surface area contributed by atoms with Gasteiger partial charge in [-0.15, -0.1) is 0 Å². The molecule has 5 nitrogen and oxygen atoms in total. The third kappa shape index (κ3) is 3.32. The molecule has 1 aromatic rings. The SMILES string of the molecule is CCN(CC(N)=O)c1nc(Cl)ncc1Br. The predicted octanol–water partition coefficient (Wildman–Crippen LogP) is 1.20. The van der Waals surface area contributed by atoms with E-state index in [0.717, 1.165) is 0 Å². The van der Waals surface area contributed by atoms with Gasteiger partial charge in [-0.1, -0.05) is 0 Å². The number of hydrogen-bond donors (Lipinski definition) is 1. The molecule has 7 heteroatoms. The zero-order valence-corrected chi connectivity index (χ0v) is 10.4. The van der Waals surface area contributed by atoms with Gasteiger partial charge < -0.3 is 10.6 Å². The summed E-state index contributed by atoms with van der Waals surface area (Å²) in [4.78, 5) is 20.4. The number of halogens is 2. The first-order chi connectivity index (χ1) is 7.04. The normalized spacial score (nSPS) is 10.1. The number of primary amides is 1. The van der Waals surface area contributed by atoms with Gasteiger partial charge in [0.1, 0.15) is 5.82 Å². The Morgan fingerprint density at radius 3 is 2.93 bits per heavy atom. The summed E-state index contributed by atoms with van der Waals surface area (Å²) in [6.07, 6.45) is 1.54. The zero-order valence-electron chi connectivity index (χ0n) is 8.07. The molecule has 1 heterocycles. The zero-order chi connectivity index (χ0) is 11.4. The highest BCUT2D eigenvalue weighted by atomic mass is 79.9. The van der Waals surface area contributed by atoms with Gasteiger partial charge in [-0.3, -0.25) is 4.79 Å². The molecular formula is C8H10BrClN4O. The third-order valence-electron chi connectivity index (χ3n) is 1.72. The minimum atomic E-state index is -0.418. The van der Waals surface area contributed by atoms with Gasteiger partial charge >= 0.3 is 0 Å². The summed E-state index contributed by atoms with van der Waals surface area (Å²) >= 11 is 8.95. The van der Waals surface area contributed by atoms with E-state index in [1.165, 1.54) is 6.20 Å². The lowest BCUT2D eigenvalue weighted by atomic mass is 10.4. The summed E-state index contributed by atoms with van der Waals surface area (Å²) in [5, 5.41) is 0.135. The maximum Gasteiger partial charge on any atom is 0.236 e. The van der Waals surface area contributed by atoms with Crippen LogP contribution < -0.4 is 10.6 Å². The van der Waals surface area contributed by atoms with Crippen LogP contribution in [-0.2, 0) is 4.79 Å². The molecule has 0 bridgehead atoms. The Labute approximate surface area is 101 Å². The number of hydrogen-bond acceptors (Lipinski definition) is 4. The van der Waals surface area contributed by atoms with E-state index in [9.17, 15) is 4.79 Å². The molecule has 0 atom stereocenters. The Balaban J connectivity index is 3.00. The van der Waals surface area contributed by atoms with Crippen LogP contribution in [0.1, 0.15) is 6.92 Å². The van der Waals surface area contributed by atoms with Crippen molar-refractivity contribution in [1.82, 2.24) is 9.97 Å². The predicted molar refractivity (Wildman–Crippen MR) is 61.8 cm³/mol. The van der Waals surface area contributed by atoms with Gasteiger partial charge in [0.2, 0.25) is 11.2 Å². The number of anilines is 1. The number of nitrogens with two attached hydrogens (primary N) is 1. The fourth-order valence-corrected chi connectivity index (χ4v) is 1.65. The minimum Gasteiger partial charge on any atom is -0.368 e. The van der Waals surface area contributed by atoms with Gasteiger partial charge in [0.05, 0.1) is 11.0 Å². The Morgan fingerprint density at radius 1 is 1.73 bits per heavy atom. The molecule has 2 N–H and O–H groups in total. The smallest absolute Gasteiger partial charge is 0.236 e. The highest BCUT2D eigenvalue weighted by Gasteiger charge is 2.13. The first-order valence-corrected chi connectivity index (χ1v) is 5.43. The third-order valence-corrected chi connectivity index (χ3v) is 2.47. The Hall–Kier alpha value is -0.880. The number of carbonyl (C=O) groups is 1. The quantitative estimate of drug-likeness (QED) is 0.847. The number of likely N-dealkylation sites (N-methyl/N-ethyl adjacent to an activating group) is 1. The standard InChI is InChI=1S/C8H10BrClN4O/c1-2-14(4-6(11)15)7-5(9)3-12-8(10)13-7/h3H,2,4H2,1H3,(H2,11,15). The van der Waals surface area contributed by atoms with Crippen LogP contribution in [0.4, 0.5) is 5.82 Å². The summed E-state index contributed by atoms with van der Waals surface area (Å²) in [5.74, 6) is 0.148. The minimum absolute atomic E-state index is 0.0996. The van der Waals surface area contributed by atoms with Crippen molar-refractivity contribution >= 4 is 39.3 Å². The van der Waals surface area contributed by atoms with Crippen molar-refractivity contribution in [2.45, 2.75) is 6.92 Å². The maximum atomic E-state index is 10.8. The van der Waals surface area contributed by atoms with Gasteiger partial charge in [-0.2, -0.15) is 4.98 Å². The molecule has 82 valence electrons. The molecule has 0 aliphatic heterocycles. The average molecular weight is 294 g/mol. The van der Waals surface area contributed by atoms with E-state index < -0.39 is 5.91 Å². The molecule has 0 saturated carbocycles. The van der Waals surface area contributed by atoms with Crippen LogP contribution in [0.2, 0.25) is 5.28 Å². The Kier molecular flexibility index (Phi) is 4.28. The monoisotopic (exact) mass is 292 g/mol. The molecule has 0 unspecified atom stereocenters. The summed E-state index contributed by atoms with van der Waals surface area (Å²) in [6, 6.07) is 0. The van der Waals surface area contributed by atoms with Gasteiger partial charge in [-0.25, -0.2) is 4.98 Å². The fourth-order valence-electron chi connectivity index (χ4n) is 1.08. The lowest BCUT2D eigenvalue weighted by molar-refractivity contribution is -0.116. The molecule has 15 heavy (non-hydrogen) atoms. The van der Waals surface area contributed by atoms with Gasteiger partial charge in [0.15, 0.2) is 0 Å². The Bertz CT molecular complexity index is 374. The van der Waals surface area contributed by atoms with Crippen molar-refractivity contribution in [3.05, 3.63) is 16.0 Å². The molecule has 0 spiro atoms. The van der Waals surface area contributed by atoms with Gasteiger partial charge in [0, 0.05) is 12.7 Å². The van der Waals surface area contributed by atoms with E-state index in [1.54, 1.807) is 4.90 Å². The van der Waals surface area contributed by atoms with E-state index >= 15 is 0 Å². The van der Waals surface area contributed by atoms with Gasteiger partial charge in [0.25, 0.3) is 0 Å². The maximum absolute atomic E-state index is 10.8. The molecule has 0 aromatic carbocycles. The van der Waals surface area contributed by atoms with Gasteiger partial charge in [-0.05, 0) is 34.5 Å². The molecule has 1 aromatic heterocycles. The first-order valence-electron chi connectivity index (χ1n) is 4.26.